The molecule has 2 unspecified atom stereocenters. The second kappa shape index (κ2) is 12.0. The summed E-state index contributed by atoms with van der Waals surface area (Å²) in [5, 5.41) is 16.6. The molecule has 0 saturated heterocycles. The Morgan fingerprint density at radius 2 is 1.87 bits per heavy atom. The van der Waals surface area contributed by atoms with E-state index in [1.54, 1.807) is 11.8 Å². The molecule has 0 spiro atoms. The van der Waals surface area contributed by atoms with E-state index in [4.69, 9.17) is 0 Å². The maximum Gasteiger partial charge on any atom is 0.270 e. The van der Waals surface area contributed by atoms with E-state index >= 15 is 0 Å². The van der Waals surface area contributed by atoms with Gasteiger partial charge in [-0.15, -0.1) is 0 Å². The van der Waals surface area contributed by atoms with Crippen LogP contribution >= 0.6 is 11.8 Å². The molecule has 0 saturated carbocycles. The monoisotopic (exact) mass is 429 g/mol. The first-order valence-electron chi connectivity index (χ1n) is 9.83. The van der Waals surface area contributed by atoms with Gasteiger partial charge in [-0.1, -0.05) is 43.3 Å². The van der Waals surface area contributed by atoms with Crippen LogP contribution in [0.4, 0.5) is 5.69 Å². The van der Waals surface area contributed by atoms with E-state index in [0.717, 1.165) is 12.0 Å². The van der Waals surface area contributed by atoms with Gasteiger partial charge in [0.25, 0.3) is 11.6 Å². The molecule has 0 bridgehead atoms. The summed E-state index contributed by atoms with van der Waals surface area (Å²) in [4.78, 5) is 35.8. The fraction of sp³-hybridized carbons (Fsp3) is 0.364. The van der Waals surface area contributed by atoms with E-state index in [1.807, 2.05) is 36.6 Å². The molecule has 0 radical (unpaired) electrons. The first-order valence-corrected chi connectivity index (χ1v) is 11.2. The maximum absolute atomic E-state index is 12.8. The van der Waals surface area contributed by atoms with Crippen LogP contribution in [0.5, 0.6) is 0 Å². The Labute approximate surface area is 180 Å². The van der Waals surface area contributed by atoms with Crippen molar-refractivity contribution in [3.8, 4) is 0 Å². The zero-order valence-corrected chi connectivity index (χ0v) is 18.0. The number of hydrogen-bond donors (Lipinski definition) is 2. The van der Waals surface area contributed by atoms with Crippen molar-refractivity contribution in [3.05, 3.63) is 75.8 Å². The summed E-state index contributed by atoms with van der Waals surface area (Å²) in [5.74, 6) is 0.125. The lowest BCUT2D eigenvalue weighted by Gasteiger charge is -2.21. The Morgan fingerprint density at radius 3 is 2.50 bits per heavy atom. The molecule has 2 amide bonds. The standard InChI is InChI=1S/C22H27N3O4S/c1-3-16(17-8-5-4-6-9-17)15-23-22(27)20(12-13-30-2)24-21(26)18-10-7-11-19(14-18)25(28)29/h4-11,14,16,20H,3,12-13,15H2,1-2H3,(H,23,27)(H,24,26). The Kier molecular flexibility index (Phi) is 9.34. The quantitative estimate of drug-likeness (QED) is 0.418. The summed E-state index contributed by atoms with van der Waals surface area (Å²) in [6.07, 6.45) is 3.27. The number of benzene rings is 2. The molecule has 7 nitrogen and oxygen atoms in total. The van der Waals surface area contributed by atoms with Gasteiger partial charge in [-0.3, -0.25) is 19.7 Å². The topological polar surface area (TPSA) is 101 Å². The van der Waals surface area contributed by atoms with E-state index in [2.05, 4.69) is 17.6 Å². The number of rotatable bonds is 11. The molecule has 30 heavy (non-hydrogen) atoms. The predicted molar refractivity (Wildman–Crippen MR) is 120 cm³/mol. The van der Waals surface area contributed by atoms with Gasteiger partial charge in [-0.05, 0) is 36.5 Å². The third-order valence-corrected chi connectivity index (χ3v) is 5.48. The van der Waals surface area contributed by atoms with Crippen LogP contribution in [0.3, 0.4) is 0 Å². The third kappa shape index (κ3) is 6.88. The summed E-state index contributed by atoms with van der Waals surface area (Å²) in [5.41, 5.74) is 1.14. The Bertz CT molecular complexity index is 860. The number of hydrogen-bond acceptors (Lipinski definition) is 5. The van der Waals surface area contributed by atoms with Crippen molar-refractivity contribution < 1.29 is 14.5 Å². The van der Waals surface area contributed by atoms with Crippen molar-refractivity contribution in [2.75, 3.05) is 18.6 Å². The van der Waals surface area contributed by atoms with Gasteiger partial charge in [0.1, 0.15) is 6.04 Å². The Balaban J connectivity index is 2.04. The van der Waals surface area contributed by atoms with Crippen molar-refractivity contribution in [2.24, 2.45) is 0 Å². The highest BCUT2D eigenvalue weighted by Crippen LogP contribution is 2.18. The second-order valence-corrected chi connectivity index (χ2v) is 7.86. The molecule has 2 aromatic carbocycles. The highest BCUT2D eigenvalue weighted by atomic mass is 32.2. The van der Waals surface area contributed by atoms with Gasteiger partial charge in [0.15, 0.2) is 0 Å². The van der Waals surface area contributed by atoms with Gasteiger partial charge in [-0.2, -0.15) is 11.8 Å². The first kappa shape index (κ1) is 23.4. The van der Waals surface area contributed by atoms with E-state index < -0.39 is 16.9 Å². The van der Waals surface area contributed by atoms with E-state index in [1.165, 1.54) is 24.3 Å². The Morgan fingerprint density at radius 1 is 1.13 bits per heavy atom. The van der Waals surface area contributed by atoms with Crippen LogP contribution < -0.4 is 10.6 Å². The molecule has 2 aromatic rings. The molecular formula is C22H27N3O4S. The van der Waals surface area contributed by atoms with Gasteiger partial charge in [0.2, 0.25) is 5.91 Å². The highest BCUT2D eigenvalue weighted by molar-refractivity contribution is 7.98. The van der Waals surface area contributed by atoms with Crippen LogP contribution in [-0.2, 0) is 4.79 Å². The minimum Gasteiger partial charge on any atom is -0.354 e. The molecule has 0 aliphatic rings. The molecule has 0 heterocycles. The molecular weight excluding hydrogens is 402 g/mol. The summed E-state index contributed by atoms with van der Waals surface area (Å²) < 4.78 is 0. The maximum atomic E-state index is 12.8. The van der Waals surface area contributed by atoms with Crippen LogP contribution in [0.25, 0.3) is 0 Å². The average molecular weight is 430 g/mol. The fourth-order valence-corrected chi connectivity index (χ4v) is 3.55. The number of amides is 2. The van der Waals surface area contributed by atoms with Crippen molar-refractivity contribution in [2.45, 2.75) is 31.7 Å². The van der Waals surface area contributed by atoms with Crippen molar-refractivity contribution in [3.63, 3.8) is 0 Å². The molecule has 2 rings (SSSR count). The van der Waals surface area contributed by atoms with Gasteiger partial charge >= 0.3 is 0 Å². The number of carbonyl (C=O) groups excluding carboxylic acids is 2. The second-order valence-electron chi connectivity index (χ2n) is 6.88. The molecule has 160 valence electrons. The SMILES string of the molecule is CCC(CNC(=O)C(CCSC)NC(=O)c1cccc([N+](=O)[O-])c1)c1ccccc1. The lowest BCUT2D eigenvalue weighted by molar-refractivity contribution is -0.384. The summed E-state index contributed by atoms with van der Waals surface area (Å²) >= 11 is 1.58. The Hall–Kier alpha value is -2.87. The summed E-state index contributed by atoms with van der Waals surface area (Å²) in [7, 11) is 0. The van der Waals surface area contributed by atoms with Crippen LogP contribution in [0.15, 0.2) is 54.6 Å². The van der Waals surface area contributed by atoms with E-state index in [9.17, 15) is 19.7 Å². The zero-order chi connectivity index (χ0) is 21.9. The summed E-state index contributed by atoms with van der Waals surface area (Å²) in [6.45, 7) is 2.54. The average Bonchev–Trinajstić information content (AvgIpc) is 2.77. The minimum absolute atomic E-state index is 0.155. The van der Waals surface area contributed by atoms with Gasteiger partial charge in [0, 0.05) is 30.2 Å². The van der Waals surface area contributed by atoms with Gasteiger partial charge in [-0.25, -0.2) is 0 Å². The van der Waals surface area contributed by atoms with Gasteiger partial charge in [0.05, 0.1) is 4.92 Å². The molecule has 2 N–H and O–H groups in total. The normalized spacial score (nSPS) is 12.6. The zero-order valence-electron chi connectivity index (χ0n) is 17.2. The number of nitrogens with one attached hydrogen (secondary N) is 2. The number of carbonyl (C=O) groups is 2. The fourth-order valence-electron chi connectivity index (χ4n) is 3.08. The van der Waals surface area contributed by atoms with Crippen LogP contribution in [0.1, 0.15) is 41.6 Å². The van der Waals surface area contributed by atoms with E-state index in [0.29, 0.717) is 18.7 Å². The number of non-ortho nitro benzene ring substituents is 1. The number of nitro groups is 1. The molecule has 0 aliphatic heterocycles. The van der Waals surface area contributed by atoms with Crippen LogP contribution in [-0.4, -0.2) is 41.3 Å². The predicted octanol–water partition coefficient (Wildman–Crippen LogP) is 3.76. The number of thioether (sulfide) groups is 1. The first-order chi connectivity index (χ1) is 14.5. The summed E-state index contributed by atoms with van der Waals surface area (Å²) in [6, 6.07) is 14.7. The van der Waals surface area contributed by atoms with E-state index in [-0.39, 0.29) is 23.1 Å². The highest BCUT2D eigenvalue weighted by Gasteiger charge is 2.23. The molecule has 2 atom stereocenters. The molecule has 0 aliphatic carbocycles. The van der Waals surface area contributed by atoms with Gasteiger partial charge < -0.3 is 10.6 Å². The largest absolute Gasteiger partial charge is 0.354 e. The van der Waals surface area contributed by atoms with Crippen LogP contribution in [0.2, 0.25) is 0 Å². The third-order valence-electron chi connectivity index (χ3n) is 4.84. The molecule has 8 heteroatoms. The lowest BCUT2D eigenvalue weighted by Crippen LogP contribution is -2.47. The number of nitrogens with zero attached hydrogens (tertiary/aromatic N) is 1. The number of nitro benzene ring substituents is 1. The molecule has 0 aromatic heterocycles. The smallest absolute Gasteiger partial charge is 0.270 e. The lowest BCUT2D eigenvalue weighted by atomic mass is 9.96. The van der Waals surface area contributed by atoms with Crippen molar-refractivity contribution >= 4 is 29.3 Å². The van der Waals surface area contributed by atoms with Crippen LogP contribution in [0, 0.1) is 10.1 Å². The minimum atomic E-state index is -0.711. The van der Waals surface area contributed by atoms with Crippen molar-refractivity contribution in [1.29, 1.82) is 0 Å². The molecule has 0 fully saturated rings. The van der Waals surface area contributed by atoms with Crippen molar-refractivity contribution in [1.82, 2.24) is 10.6 Å².